The number of ether oxygens (including phenoxy) is 1. The monoisotopic (exact) mass is 342 g/mol. The van der Waals surface area contributed by atoms with Crippen molar-refractivity contribution in [1.82, 2.24) is 0 Å². The van der Waals surface area contributed by atoms with Crippen LogP contribution in [-0.4, -0.2) is 5.97 Å². The third-order valence-electron chi connectivity index (χ3n) is 6.83. The maximum Gasteiger partial charge on any atom is 0.314 e. The molecule has 0 saturated heterocycles. The topological polar surface area (TPSA) is 26.3 Å². The van der Waals surface area contributed by atoms with Gasteiger partial charge in [0.15, 0.2) is 0 Å². The molecule has 0 aliphatic heterocycles. The Hall–Kier alpha value is -1.31. The van der Waals surface area contributed by atoms with Crippen molar-refractivity contribution in [3.05, 3.63) is 29.8 Å². The molecule has 3 fully saturated rings. The van der Waals surface area contributed by atoms with Gasteiger partial charge in [-0.25, -0.2) is 0 Å². The van der Waals surface area contributed by atoms with Crippen LogP contribution in [0.25, 0.3) is 0 Å². The molecule has 3 saturated carbocycles. The van der Waals surface area contributed by atoms with Crippen LogP contribution >= 0.6 is 0 Å². The van der Waals surface area contributed by atoms with Crippen molar-refractivity contribution >= 4 is 5.97 Å². The van der Waals surface area contributed by atoms with Crippen molar-refractivity contribution in [2.45, 2.75) is 78.6 Å². The molecule has 1 aromatic carbocycles. The van der Waals surface area contributed by atoms with E-state index in [4.69, 9.17) is 4.74 Å². The van der Waals surface area contributed by atoms with Crippen LogP contribution in [0.1, 0.15) is 84.1 Å². The second-order valence-electron chi connectivity index (χ2n) is 8.21. The van der Waals surface area contributed by atoms with Crippen molar-refractivity contribution in [1.29, 1.82) is 0 Å². The summed E-state index contributed by atoms with van der Waals surface area (Å²) in [6.45, 7) is 8.45. The van der Waals surface area contributed by atoms with E-state index in [0.29, 0.717) is 17.1 Å². The Labute approximate surface area is 153 Å². The smallest absolute Gasteiger partial charge is 0.314 e. The van der Waals surface area contributed by atoms with Gasteiger partial charge in [-0.1, -0.05) is 39.8 Å². The molecular formula is C23H34O2. The third kappa shape index (κ3) is 3.64. The Morgan fingerprint density at radius 2 is 1.76 bits per heavy atom. The number of rotatable bonds is 5. The molecule has 2 nitrogen and oxygen atoms in total. The second-order valence-corrected chi connectivity index (χ2v) is 8.21. The first-order chi connectivity index (χ1) is 12.1. The molecule has 4 rings (SSSR count). The Balaban J connectivity index is 0.000000880. The summed E-state index contributed by atoms with van der Waals surface area (Å²) in [5.74, 6) is 3.20. The number of carbonyl (C=O) groups is 1. The summed E-state index contributed by atoms with van der Waals surface area (Å²) in [5, 5.41) is 0. The summed E-state index contributed by atoms with van der Waals surface area (Å²) in [4.78, 5) is 12.6. The average molecular weight is 343 g/mol. The van der Waals surface area contributed by atoms with Gasteiger partial charge in [0.1, 0.15) is 5.75 Å². The van der Waals surface area contributed by atoms with E-state index < -0.39 is 0 Å². The third-order valence-corrected chi connectivity index (χ3v) is 6.83. The van der Waals surface area contributed by atoms with Gasteiger partial charge in [0.25, 0.3) is 0 Å². The lowest BCUT2D eigenvalue weighted by atomic mass is 9.76. The summed E-state index contributed by atoms with van der Waals surface area (Å²) in [5.41, 5.74) is 1.90. The molecule has 2 bridgehead atoms. The van der Waals surface area contributed by atoms with Gasteiger partial charge in [-0.3, -0.25) is 4.79 Å². The standard InChI is InChI=1S/C21H28O2.C2H6/c1-3-15(4-2)16-5-7-19(8-6-16)23-20(22)17-9-14-10-18-13-21(18,11-14)12-17;1-2/h5-8,14-15,17-18H,3-4,9-13H2,1-2H3;1-2H3. The molecule has 1 aromatic rings. The first-order valence-corrected chi connectivity index (χ1v) is 10.4. The highest BCUT2D eigenvalue weighted by molar-refractivity contribution is 5.75. The minimum absolute atomic E-state index is 0.0110. The van der Waals surface area contributed by atoms with E-state index in [-0.39, 0.29) is 11.9 Å². The number of hydrogen-bond donors (Lipinski definition) is 0. The fraction of sp³-hybridized carbons (Fsp3) is 0.696. The zero-order valence-electron chi connectivity index (χ0n) is 16.4. The van der Waals surface area contributed by atoms with E-state index in [0.717, 1.165) is 37.5 Å². The molecule has 0 heterocycles. The predicted octanol–water partition coefficient (Wildman–Crippen LogP) is 6.35. The highest BCUT2D eigenvalue weighted by Gasteiger charge is 2.63. The second kappa shape index (κ2) is 7.51. The van der Waals surface area contributed by atoms with E-state index >= 15 is 0 Å². The fourth-order valence-electron chi connectivity index (χ4n) is 5.51. The number of benzene rings is 1. The quantitative estimate of drug-likeness (QED) is 0.460. The van der Waals surface area contributed by atoms with Crippen LogP contribution in [0, 0.1) is 23.2 Å². The van der Waals surface area contributed by atoms with Gasteiger partial charge in [-0.15, -0.1) is 0 Å². The minimum atomic E-state index is 0.0110. The highest BCUT2D eigenvalue weighted by Crippen LogP contribution is 2.71. The molecule has 0 radical (unpaired) electrons. The van der Waals surface area contributed by atoms with Crippen LogP contribution in [0.3, 0.4) is 0 Å². The lowest BCUT2D eigenvalue weighted by Gasteiger charge is -2.29. The average Bonchev–Trinajstić information content (AvgIpc) is 3.20. The maximum atomic E-state index is 12.6. The molecule has 0 N–H and O–H groups in total. The largest absolute Gasteiger partial charge is 0.426 e. The maximum absolute atomic E-state index is 12.6. The zero-order chi connectivity index (χ0) is 18.0. The Morgan fingerprint density at radius 1 is 1.08 bits per heavy atom. The van der Waals surface area contributed by atoms with Crippen LogP contribution < -0.4 is 4.74 Å². The number of esters is 1. The van der Waals surface area contributed by atoms with Crippen molar-refractivity contribution in [2.24, 2.45) is 23.2 Å². The van der Waals surface area contributed by atoms with Crippen LogP contribution in [0.15, 0.2) is 24.3 Å². The Bertz CT molecular complexity index is 587. The molecule has 4 unspecified atom stereocenters. The molecule has 3 aliphatic carbocycles. The summed E-state index contributed by atoms with van der Waals surface area (Å²) >= 11 is 0. The van der Waals surface area contributed by atoms with E-state index in [1.54, 1.807) is 0 Å². The first-order valence-electron chi connectivity index (χ1n) is 10.4. The van der Waals surface area contributed by atoms with Gasteiger partial charge in [0, 0.05) is 0 Å². The zero-order valence-corrected chi connectivity index (χ0v) is 16.4. The summed E-state index contributed by atoms with van der Waals surface area (Å²) in [6, 6.07) is 8.20. The van der Waals surface area contributed by atoms with Crippen molar-refractivity contribution in [2.75, 3.05) is 0 Å². The van der Waals surface area contributed by atoms with E-state index in [1.165, 1.54) is 24.8 Å². The Kier molecular flexibility index (Phi) is 5.55. The molecule has 2 heteroatoms. The van der Waals surface area contributed by atoms with E-state index in [1.807, 2.05) is 26.0 Å². The molecular weight excluding hydrogens is 308 g/mol. The molecule has 3 aliphatic rings. The summed E-state index contributed by atoms with van der Waals surface area (Å²) in [6.07, 6.45) is 8.57. The normalized spacial score (nSPS) is 31.8. The molecule has 25 heavy (non-hydrogen) atoms. The van der Waals surface area contributed by atoms with E-state index in [9.17, 15) is 4.79 Å². The van der Waals surface area contributed by atoms with Crippen LogP contribution in [0.2, 0.25) is 0 Å². The number of carbonyl (C=O) groups excluding carboxylic acids is 1. The molecule has 1 spiro atoms. The fourth-order valence-corrected chi connectivity index (χ4v) is 5.51. The van der Waals surface area contributed by atoms with Crippen LogP contribution in [0.5, 0.6) is 5.75 Å². The van der Waals surface area contributed by atoms with Gasteiger partial charge in [0.05, 0.1) is 5.92 Å². The van der Waals surface area contributed by atoms with Gasteiger partial charge >= 0.3 is 5.97 Å². The first kappa shape index (κ1) is 18.5. The SMILES string of the molecule is CC.CCC(CC)c1ccc(OC(=O)C2CC3CC4CC4(C3)C2)cc1. The summed E-state index contributed by atoms with van der Waals surface area (Å²) in [7, 11) is 0. The molecule has 0 aromatic heterocycles. The Morgan fingerprint density at radius 3 is 2.36 bits per heavy atom. The van der Waals surface area contributed by atoms with Crippen molar-refractivity contribution in [3.63, 3.8) is 0 Å². The molecule has 138 valence electrons. The van der Waals surface area contributed by atoms with Gasteiger partial charge < -0.3 is 4.74 Å². The van der Waals surface area contributed by atoms with Crippen LogP contribution in [-0.2, 0) is 4.79 Å². The highest BCUT2D eigenvalue weighted by atomic mass is 16.5. The van der Waals surface area contributed by atoms with Gasteiger partial charge in [-0.05, 0) is 85.8 Å². The van der Waals surface area contributed by atoms with Crippen molar-refractivity contribution in [3.8, 4) is 5.75 Å². The van der Waals surface area contributed by atoms with Crippen LogP contribution in [0.4, 0.5) is 0 Å². The van der Waals surface area contributed by atoms with Gasteiger partial charge in [-0.2, -0.15) is 0 Å². The number of fused-ring (bicyclic) bond motifs is 1. The van der Waals surface area contributed by atoms with Crippen molar-refractivity contribution < 1.29 is 9.53 Å². The summed E-state index contributed by atoms with van der Waals surface area (Å²) < 4.78 is 5.70. The molecule has 0 amide bonds. The van der Waals surface area contributed by atoms with Gasteiger partial charge in [0.2, 0.25) is 0 Å². The number of hydrogen-bond acceptors (Lipinski definition) is 2. The predicted molar refractivity (Wildman–Crippen MR) is 103 cm³/mol. The van der Waals surface area contributed by atoms with E-state index in [2.05, 4.69) is 26.0 Å². The lowest BCUT2D eigenvalue weighted by molar-refractivity contribution is -0.141. The lowest BCUT2D eigenvalue weighted by Crippen LogP contribution is -2.29. The minimum Gasteiger partial charge on any atom is -0.426 e. The molecule has 4 atom stereocenters.